The monoisotopic (exact) mass is 405 g/mol. The largest absolute Gasteiger partial charge is 0.493 e. The Morgan fingerprint density at radius 1 is 0.967 bits per heavy atom. The van der Waals surface area contributed by atoms with E-state index in [-0.39, 0.29) is 24.0 Å². The number of carbonyl (C=O) groups excluding carboxylic acids is 2. The van der Waals surface area contributed by atoms with Crippen molar-refractivity contribution >= 4 is 17.4 Å². The van der Waals surface area contributed by atoms with Gasteiger partial charge in [-0.2, -0.15) is 0 Å². The number of carbonyl (C=O) groups is 2. The highest BCUT2D eigenvalue weighted by Gasteiger charge is 2.40. The van der Waals surface area contributed by atoms with E-state index in [1.165, 1.54) is 0 Å². The lowest BCUT2D eigenvalue weighted by Gasteiger charge is -2.39. The molecule has 2 aromatic rings. The Kier molecular flexibility index (Phi) is 5.37. The molecule has 1 amide bonds. The fourth-order valence-corrected chi connectivity index (χ4v) is 4.60. The number of aryl methyl sites for hydroxylation is 1. The van der Waals surface area contributed by atoms with Gasteiger partial charge in [0.2, 0.25) is 5.91 Å². The number of ketones is 1. The topological polar surface area (TPSA) is 55.8 Å². The van der Waals surface area contributed by atoms with Crippen molar-refractivity contribution in [3.63, 3.8) is 0 Å². The van der Waals surface area contributed by atoms with E-state index in [2.05, 4.69) is 0 Å². The van der Waals surface area contributed by atoms with Crippen LogP contribution in [0.25, 0.3) is 0 Å². The summed E-state index contributed by atoms with van der Waals surface area (Å²) in [6.07, 6.45) is 2.28. The van der Waals surface area contributed by atoms with Crippen LogP contribution in [-0.2, 0) is 9.59 Å². The third kappa shape index (κ3) is 3.28. The Morgan fingerprint density at radius 3 is 2.47 bits per heavy atom. The molecule has 0 N–H and O–H groups in total. The van der Waals surface area contributed by atoms with Crippen molar-refractivity contribution in [1.29, 1.82) is 0 Å². The molecule has 30 heavy (non-hydrogen) atoms. The van der Waals surface area contributed by atoms with Gasteiger partial charge in [0.1, 0.15) is 0 Å². The van der Waals surface area contributed by atoms with Crippen molar-refractivity contribution in [3.8, 4) is 11.5 Å². The van der Waals surface area contributed by atoms with E-state index in [0.29, 0.717) is 17.9 Å². The van der Waals surface area contributed by atoms with Gasteiger partial charge in [0.05, 0.1) is 19.9 Å². The lowest BCUT2D eigenvalue weighted by molar-refractivity contribution is -0.119. The number of allylic oxidation sites excluding steroid dienone is 2. The first-order valence-electron chi connectivity index (χ1n) is 10.3. The minimum atomic E-state index is -0.263. The standard InChI is InChI=1S/C25H27NO4/c1-15-7-5-8-19(16(15)2)26-20-9-6-10-21(27)25(20)18(14-24(26)28)17-11-12-22(29-3)23(13-17)30-4/h5,7-8,11-13,18H,6,9-10,14H2,1-4H3. The molecule has 0 saturated carbocycles. The number of benzene rings is 2. The molecule has 156 valence electrons. The van der Waals surface area contributed by atoms with Crippen LogP contribution in [0, 0.1) is 13.8 Å². The van der Waals surface area contributed by atoms with Crippen molar-refractivity contribution in [3.05, 3.63) is 64.4 Å². The smallest absolute Gasteiger partial charge is 0.232 e. The zero-order valence-electron chi connectivity index (χ0n) is 18.0. The first-order chi connectivity index (χ1) is 14.5. The number of rotatable bonds is 4. The van der Waals surface area contributed by atoms with Crippen molar-refractivity contribution in [2.24, 2.45) is 0 Å². The summed E-state index contributed by atoms with van der Waals surface area (Å²) in [5.74, 6) is 1.13. The van der Waals surface area contributed by atoms with Crippen LogP contribution in [0.1, 0.15) is 48.3 Å². The molecule has 4 rings (SSSR count). The van der Waals surface area contributed by atoms with Crippen LogP contribution >= 0.6 is 0 Å². The molecule has 0 saturated heterocycles. The quantitative estimate of drug-likeness (QED) is 0.730. The summed E-state index contributed by atoms with van der Waals surface area (Å²) in [5.41, 5.74) is 5.62. The third-order valence-electron chi connectivity index (χ3n) is 6.30. The summed E-state index contributed by atoms with van der Waals surface area (Å²) in [6.45, 7) is 4.07. The summed E-state index contributed by atoms with van der Waals surface area (Å²) >= 11 is 0. The van der Waals surface area contributed by atoms with Crippen LogP contribution in [-0.4, -0.2) is 25.9 Å². The van der Waals surface area contributed by atoms with Gasteiger partial charge < -0.3 is 9.47 Å². The average Bonchev–Trinajstić information content (AvgIpc) is 2.75. The van der Waals surface area contributed by atoms with Crippen molar-refractivity contribution in [2.75, 3.05) is 19.1 Å². The van der Waals surface area contributed by atoms with Crippen molar-refractivity contribution < 1.29 is 19.1 Å². The van der Waals surface area contributed by atoms with E-state index >= 15 is 0 Å². The lowest BCUT2D eigenvalue weighted by atomic mass is 9.77. The van der Waals surface area contributed by atoms with Crippen LogP contribution in [0.4, 0.5) is 5.69 Å². The molecule has 0 aromatic heterocycles. The summed E-state index contributed by atoms with van der Waals surface area (Å²) in [6, 6.07) is 11.6. The second kappa shape index (κ2) is 7.98. The number of ether oxygens (including phenoxy) is 2. The second-order valence-corrected chi connectivity index (χ2v) is 7.96. The number of methoxy groups -OCH3 is 2. The minimum absolute atomic E-state index is 0.0249. The van der Waals surface area contributed by atoms with E-state index in [1.54, 1.807) is 19.1 Å². The first-order valence-corrected chi connectivity index (χ1v) is 10.3. The van der Waals surface area contributed by atoms with Gasteiger partial charge in [-0.1, -0.05) is 18.2 Å². The summed E-state index contributed by atoms with van der Waals surface area (Å²) < 4.78 is 10.8. The van der Waals surface area contributed by atoms with Gasteiger partial charge in [0, 0.05) is 30.0 Å². The molecule has 0 spiro atoms. The van der Waals surface area contributed by atoms with Crippen molar-refractivity contribution in [1.82, 2.24) is 0 Å². The maximum Gasteiger partial charge on any atom is 0.232 e. The third-order valence-corrected chi connectivity index (χ3v) is 6.30. The summed E-state index contributed by atoms with van der Waals surface area (Å²) in [4.78, 5) is 28.3. The molecule has 1 heterocycles. The van der Waals surface area contributed by atoms with Gasteiger partial charge in [0.15, 0.2) is 17.3 Å². The minimum Gasteiger partial charge on any atom is -0.493 e. The molecule has 2 aromatic carbocycles. The Morgan fingerprint density at radius 2 is 1.73 bits per heavy atom. The number of anilines is 1. The Balaban J connectivity index is 1.87. The van der Waals surface area contributed by atoms with Crippen LogP contribution in [0.3, 0.4) is 0 Å². The van der Waals surface area contributed by atoms with Gasteiger partial charge in [-0.25, -0.2) is 0 Å². The highest BCUT2D eigenvalue weighted by atomic mass is 16.5. The van der Waals surface area contributed by atoms with Gasteiger partial charge >= 0.3 is 0 Å². The molecular formula is C25H27NO4. The predicted octanol–water partition coefficient (Wildman–Crippen LogP) is 4.85. The molecule has 1 aliphatic heterocycles. The van der Waals surface area contributed by atoms with E-state index in [1.807, 2.05) is 50.2 Å². The molecular weight excluding hydrogens is 378 g/mol. The fourth-order valence-electron chi connectivity index (χ4n) is 4.60. The van der Waals surface area contributed by atoms with Gasteiger partial charge in [-0.3, -0.25) is 14.5 Å². The average molecular weight is 405 g/mol. The van der Waals surface area contributed by atoms with Gasteiger partial charge in [-0.15, -0.1) is 0 Å². The number of amides is 1. The number of Topliss-reactive ketones (excluding diaryl/α,β-unsaturated/α-hetero) is 1. The number of hydrogen-bond acceptors (Lipinski definition) is 4. The molecule has 1 unspecified atom stereocenters. The van der Waals surface area contributed by atoms with Crippen LogP contribution in [0.2, 0.25) is 0 Å². The lowest BCUT2D eigenvalue weighted by Crippen LogP contribution is -2.41. The summed E-state index contributed by atoms with van der Waals surface area (Å²) in [7, 11) is 3.18. The molecule has 1 aliphatic carbocycles. The zero-order chi connectivity index (χ0) is 21.4. The van der Waals surface area contributed by atoms with Crippen molar-refractivity contribution in [2.45, 2.75) is 45.4 Å². The second-order valence-electron chi connectivity index (χ2n) is 7.96. The highest BCUT2D eigenvalue weighted by Crippen LogP contribution is 2.45. The van der Waals surface area contributed by atoms with Crippen LogP contribution in [0.5, 0.6) is 11.5 Å². The van der Waals surface area contributed by atoms with E-state index in [9.17, 15) is 9.59 Å². The first kappa shape index (κ1) is 20.2. The molecule has 2 aliphatic rings. The fraction of sp³-hybridized carbons (Fsp3) is 0.360. The van der Waals surface area contributed by atoms with E-state index in [4.69, 9.17) is 9.47 Å². The van der Waals surface area contributed by atoms with E-state index < -0.39 is 0 Å². The Labute approximate surface area is 177 Å². The van der Waals surface area contributed by atoms with Crippen LogP contribution < -0.4 is 14.4 Å². The predicted molar refractivity (Wildman–Crippen MR) is 116 cm³/mol. The van der Waals surface area contributed by atoms with E-state index in [0.717, 1.165) is 46.5 Å². The highest BCUT2D eigenvalue weighted by molar-refractivity contribution is 6.07. The molecule has 0 fully saturated rings. The van der Waals surface area contributed by atoms with Gasteiger partial charge in [-0.05, 0) is 61.6 Å². The zero-order valence-corrected chi connectivity index (χ0v) is 18.0. The Bertz CT molecular complexity index is 1050. The van der Waals surface area contributed by atoms with Crippen LogP contribution in [0.15, 0.2) is 47.7 Å². The number of nitrogens with zero attached hydrogens (tertiary/aromatic N) is 1. The SMILES string of the molecule is COc1ccc(C2CC(=O)N(c3cccc(C)c3C)C3=C2C(=O)CCC3)cc1OC. The Hall–Kier alpha value is -3.08. The molecule has 5 nitrogen and oxygen atoms in total. The molecule has 0 radical (unpaired) electrons. The maximum absolute atomic E-state index is 13.4. The van der Waals surface area contributed by atoms with Gasteiger partial charge in [0.25, 0.3) is 0 Å². The molecule has 5 heteroatoms. The molecule has 1 atom stereocenters. The molecule has 0 bridgehead atoms. The number of hydrogen-bond donors (Lipinski definition) is 0. The summed E-state index contributed by atoms with van der Waals surface area (Å²) in [5, 5.41) is 0. The normalized spacial score (nSPS) is 19.1. The maximum atomic E-state index is 13.4.